The average molecular weight is 428 g/mol. The summed E-state index contributed by atoms with van der Waals surface area (Å²) in [5.41, 5.74) is 2.36. The topological polar surface area (TPSA) is 86.7 Å². The number of carboxylic acid groups (broad SMARTS) is 1. The van der Waals surface area contributed by atoms with Crippen LogP contribution in [0.5, 0.6) is 0 Å². The first-order valence-corrected chi connectivity index (χ1v) is 10.0. The predicted molar refractivity (Wildman–Crippen MR) is 109 cm³/mol. The lowest BCUT2D eigenvalue weighted by molar-refractivity contribution is -0.147. The van der Waals surface area contributed by atoms with E-state index in [1.54, 1.807) is 12.1 Å². The fourth-order valence-corrected chi connectivity index (χ4v) is 4.47. The Hall–Kier alpha value is -3.29. The normalized spacial score (nSPS) is 23.9. The zero-order valence-electron chi connectivity index (χ0n) is 16.9. The largest absolute Gasteiger partial charge is 0.480 e. The molecule has 2 aromatic rings. The first-order valence-electron chi connectivity index (χ1n) is 10.0. The van der Waals surface area contributed by atoms with Crippen LogP contribution in [0.2, 0.25) is 0 Å². The molecule has 162 valence electrons. The smallest absolute Gasteiger partial charge is 0.326 e. The zero-order chi connectivity index (χ0) is 22.3. The Bertz CT molecular complexity index is 1070. The Morgan fingerprint density at radius 2 is 1.87 bits per heavy atom. The lowest BCUT2D eigenvalue weighted by Crippen LogP contribution is -2.46. The third kappa shape index (κ3) is 3.66. The molecule has 2 aliphatic rings. The number of benzene rings is 2. The van der Waals surface area contributed by atoms with Crippen LogP contribution in [0.15, 0.2) is 42.5 Å². The summed E-state index contributed by atoms with van der Waals surface area (Å²) in [6, 6.07) is 11.9. The molecular weight excluding hydrogens is 406 g/mol. The van der Waals surface area contributed by atoms with E-state index in [0.29, 0.717) is 5.56 Å². The first kappa shape index (κ1) is 21.0. The first-order chi connectivity index (χ1) is 14.7. The molecule has 6 nitrogen and oxygen atoms in total. The minimum absolute atomic E-state index is 0.125. The second-order valence-electron chi connectivity index (χ2n) is 8.16. The Labute approximate surface area is 177 Å². The number of hydrogen-bond donors (Lipinski definition) is 2. The maximum Gasteiger partial charge on any atom is 0.326 e. The molecule has 0 radical (unpaired) electrons. The SMILES string of the molecule is CC1c2ccccc2-c2ccc(C(=O)NCC(=O)N3C[C@@](F)(CF)CC3C(=O)O)cc21. The van der Waals surface area contributed by atoms with E-state index in [2.05, 4.69) is 18.3 Å². The van der Waals surface area contributed by atoms with Crippen LogP contribution in [0.3, 0.4) is 0 Å². The molecule has 0 saturated carbocycles. The van der Waals surface area contributed by atoms with E-state index in [1.165, 1.54) is 5.56 Å². The molecule has 3 atom stereocenters. The van der Waals surface area contributed by atoms with Crippen LogP contribution in [0, 0.1) is 0 Å². The van der Waals surface area contributed by atoms with Crippen molar-refractivity contribution in [1.82, 2.24) is 10.2 Å². The number of halogens is 2. The van der Waals surface area contributed by atoms with Gasteiger partial charge >= 0.3 is 5.97 Å². The number of carbonyl (C=O) groups excluding carboxylic acids is 2. The van der Waals surface area contributed by atoms with Gasteiger partial charge < -0.3 is 15.3 Å². The van der Waals surface area contributed by atoms with Gasteiger partial charge in [0.1, 0.15) is 12.7 Å². The third-order valence-electron chi connectivity index (χ3n) is 6.13. The van der Waals surface area contributed by atoms with Gasteiger partial charge in [-0.1, -0.05) is 37.3 Å². The summed E-state index contributed by atoms with van der Waals surface area (Å²) >= 11 is 0. The highest BCUT2D eigenvalue weighted by Crippen LogP contribution is 2.44. The number of fused-ring (bicyclic) bond motifs is 3. The fourth-order valence-electron chi connectivity index (χ4n) is 4.47. The lowest BCUT2D eigenvalue weighted by Gasteiger charge is -2.21. The Balaban J connectivity index is 1.45. The van der Waals surface area contributed by atoms with Gasteiger partial charge in [0.15, 0.2) is 5.67 Å². The standard InChI is InChI=1S/C23H22F2N2O4/c1-13-15-4-2-3-5-16(15)17-7-6-14(8-18(13)17)21(29)26-10-20(28)27-12-23(25,11-24)9-19(27)22(30)31/h2-8,13,19H,9-12H2,1H3,(H,26,29)(H,30,31)/t13?,19?,23-/m0/s1. The predicted octanol–water partition coefficient (Wildman–Crippen LogP) is 2.91. The van der Waals surface area contributed by atoms with Crippen molar-refractivity contribution >= 4 is 17.8 Å². The molecule has 1 aliphatic heterocycles. The lowest BCUT2D eigenvalue weighted by atomic mass is 9.97. The van der Waals surface area contributed by atoms with Crippen LogP contribution >= 0.6 is 0 Å². The molecule has 0 spiro atoms. The van der Waals surface area contributed by atoms with Gasteiger partial charge in [-0.05, 0) is 34.4 Å². The van der Waals surface area contributed by atoms with E-state index >= 15 is 0 Å². The van der Waals surface area contributed by atoms with Gasteiger partial charge in [0.2, 0.25) is 5.91 Å². The van der Waals surface area contributed by atoms with Gasteiger partial charge in [-0.2, -0.15) is 0 Å². The number of nitrogens with one attached hydrogen (secondary N) is 1. The molecule has 4 rings (SSSR count). The van der Waals surface area contributed by atoms with E-state index < -0.39 is 55.7 Å². The van der Waals surface area contributed by atoms with Crippen LogP contribution in [0.4, 0.5) is 8.78 Å². The third-order valence-corrected chi connectivity index (χ3v) is 6.13. The summed E-state index contributed by atoms with van der Waals surface area (Å²) in [7, 11) is 0. The Morgan fingerprint density at radius 1 is 1.16 bits per heavy atom. The van der Waals surface area contributed by atoms with Crippen molar-refractivity contribution in [2.45, 2.75) is 31.0 Å². The van der Waals surface area contributed by atoms with Gasteiger partial charge in [-0.25, -0.2) is 13.6 Å². The number of aliphatic carboxylic acids is 1. The monoisotopic (exact) mass is 428 g/mol. The average Bonchev–Trinajstić information content (AvgIpc) is 3.28. The van der Waals surface area contributed by atoms with Gasteiger partial charge in [0.25, 0.3) is 5.91 Å². The second kappa shape index (κ2) is 7.76. The summed E-state index contributed by atoms with van der Waals surface area (Å²) in [5.74, 6) is -2.54. The minimum atomic E-state index is -2.38. The number of nitrogens with zero attached hydrogens (tertiary/aromatic N) is 1. The van der Waals surface area contributed by atoms with Crippen molar-refractivity contribution in [2.24, 2.45) is 0 Å². The van der Waals surface area contributed by atoms with Crippen molar-refractivity contribution in [3.8, 4) is 11.1 Å². The van der Waals surface area contributed by atoms with Crippen molar-refractivity contribution < 1.29 is 28.3 Å². The van der Waals surface area contributed by atoms with E-state index in [1.807, 2.05) is 24.3 Å². The number of carboxylic acids is 1. The zero-order valence-corrected chi connectivity index (χ0v) is 16.9. The molecule has 2 aromatic carbocycles. The molecule has 1 saturated heterocycles. The van der Waals surface area contributed by atoms with Gasteiger partial charge in [0.05, 0.1) is 13.1 Å². The summed E-state index contributed by atoms with van der Waals surface area (Å²) in [5, 5.41) is 11.7. The number of carbonyl (C=O) groups is 3. The summed E-state index contributed by atoms with van der Waals surface area (Å²) in [4.78, 5) is 37.2. The van der Waals surface area contributed by atoms with E-state index in [9.17, 15) is 28.3 Å². The van der Waals surface area contributed by atoms with E-state index in [-0.39, 0.29) is 5.92 Å². The van der Waals surface area contributed by atoms with Gasteiger partial charge in [0, 0.05) is 17.9 Å². The Kier molecular flexibility index (Phi) is 5.24. The van der Waals surface area contributed by atoms with Crippen molar-refractivity contribution in [3.63, 3.8) is 0 Å². The molecule has 1 heterocycles. The molecule has 2 unspecified atom stereocenters. The molecular formula is C23H22F2N2O4. The van der Waals surface area contributed by atoms with Crippen LogP contribution in [-0.4, -0.2) is 59.3 Å². The quantitative estimate of drug-likeness (QED) is 0.767. The molecule has 0 bridgehead atoms. The number of likely N-dealkylation sites (tertiary alicyclic amines) is 1. The summed E-state index contributed by atoms with van der Waals surface area (Å²) < 4.78 is 27.2. The van der Waals surface area contributed by atoms with E-state index in [4.69, 9.17) is 0 Å². The molecule has 2 N–H and O–H groups in total. The summed E-state index contributed by atoms with van der Waals surface area (Å²) in [6.45, 7) is -0.465. The Morgan fingerprint density at radius 3 is 2.58 bits per heavy atom. The maximum atomic E-state index is 14.3. The number of amides is 2. The molecule has 31 heavy (non-hydrogen) atoms. The van der Waals surface area contributed by atoms with Gasteiger partial charge in [-0.15, -0.1) is 0 Å². The van der Waals surface area contributed by atoms with Crippen LogP contribution in [0.25, 0.3) is 11.1 Å². The summed E-state index contributed by atoms with van der Waals surface area (Å²) in [6.07, 6.45) is -0.609. The number of hydrogen-bond acceptors (Lipinski definition) is 3. The maximum absolute atomic E-state index is 14.3. The van der Waals surface area contributed by atoms with E-state index in [0.717, 1.165) is 21.6 Å². The number of alkyl halides is 2. The van der Waals surface area contributed by atoms with Crippen LogP contribution < -0.4 is 5.32 Å². The second-order valence-corrected chi connectivity index (χ2v) is 8.16. The minimum Gasteiger partial charge on any atom is -0.480 e. The molecule has 8 heteroatoms. The highest BCUT2D eigenvalue weighted by molar-refractivity contribution is 5.98. The van der Waals surface area contributed by atoms with Crippen LogP contribution in [0.1, 0.15) is 40.7 Å². The van der Waals surface area contributed by atoms with Gasteiger partial charge in [-0.3, -0.25) is 9.59 Å². The molecule has 1 aliphatic carbocycles. The fraction of sp³-hybridized carbons (Fsp3) is 0.348. The van der Waals surface area contributed by atoms with Crippen LogP contribution in [-0.2, 0) is 9.59 Å². The molecule has 1 fully saturated rings. The molecule has 0 aromatic heterocycles. The van der Waals surface area contributed by atoms with Crippen molar-refractivity contribution in [3.05, 3.63) is 59.2 Å². The van der Waals surface area contributed by atoms with Crippen molar-refractivity contribution in [1.29, 1.82) is 0 Å². The highest BCUT2D eigenvalue weighted by atomic mass is 19.2. The highest BCUT2D eigenvalue weighted by Gasteiger charge is 2.49. The molecule has 2 amide bonds. The van der Waals surface area contributed by atoms with Crippen molar-refractivity contribution in [2.75, 3.05) is 19.8 Å². The number of rotatable bonds is 5.